The molecule has 0 aromatic carbocycles. The Kier molecular flexibility index (Phi) is 4.07. The maximum Gasteiger partial charge on any atom is 0.283 e. The molecule has 2 fully saturated rings. The molecule has 0 amide bonds. The lowest BCUT2D eigenvalue weighted by atomic mass is 9.68. The summed E-state index contributed by atoms with van der Waals surface area (Å²) < 4.78 is 7.75. The highest BCUT2D eigenvalue weighted by atomic mass is 79.9. The third-order valence-electron chi connectivity index (χ3n) is 4.43. The van der Waals surface area contributed by atoms with Crippen LogP contribution in [0.15, 0.2) is 15.5 Å². The van der Waals surface area contributed by atoms with E-state index in [2.05, 4.69) is 26.3 Å². The normalized spacial score (nSPS) is 31.7. The molecule has 4 unspecified atom stereocenters. The van der Waals surface area contributed by atoms with E-state index in [1.807, 2.05) is 13.8 Å². The van der Waals surface area contributed by atoms with Crippen LogP contribution in [0.25, 0.3) is 0 Å². The predicted molar refractivity (Wildman–Crippen MR) is 84.4 cm³/mol. The number of ether oxygens (including phenoxy) is 1. The van der Waals surface area contributed by atoms with Crippen molar-refractivity contribution in [1.29, 1.82) is 0 Å². The van der Waals surface area contributed by atoms with Gasteiger partial charge in [-0.15, -0.1) is 0 Å². The molecule has 116 valence electrons. The van der Waals surface area contributed by atoms with E-state index in [0.29, 0.717) is 16.1 Å². The molecule has 3 rings (SSSR count). The van der Waals surface area contributed by atoms with E-state index in [9.17, 15) is 4.79 Å². The molecule has 3 N–H and O–H groups in total. The number of fused-ring (bicyclic) bond motifs is 1. The lowest BCUT2D eigenvalue weighted by Gasteiger charge is -2.52. The van der Waals surface area contributed by atoms with Crippen molar-refractivity contribution in [1.82, 2.24) is 9.78 Å². The lowest BCUT2D eigenvalue weighted by molar-refractivity contribution is -0.104. The second-order valence-electron chi connectivity index (χ2n) is 6.10. The summed E-state index contributed by atoms with van der Waals surface area (Å²) in [5.74, 6) is 0.430. The molecule has 1 aromatic rings. The van der Waals surface area contributed by atoms with Gasteiger partial charge >= 0.3 is 0 Å². The van der Waals surface area contributed by atoms with Crippen LogP contribution in [0.2, 0.25) is 0 Å². The summed E-state index contributed by atoms with van der Waals surface area (Å²) in [5, 5.41) is 7.54. The minimum absolute atomic E-state index is 0.0277. The van der Waals surface area contributed by atoms with Crippen molar-refractivity contribution >= 4 is 21.6 Å². The number of halogens is 1. The molecule has 1 aliphatic heterocycles. The molecule has 7 heteroatoms. The minimum Gasteiger partial charge on any atom is -0.376 e. The van der Waals surface area contributed by atoms with E-state index in [1.54, 1.807) is 6.20 Å². The number of nitrogens with two attached hydrogens (primary N) is 1. The molecular formula is C14H21BrN4O2. The summed E-state index contributed by atoms with van der Waals surface area (Å²) in [5.41, 5.74) is 6.78. The number of nitrogens with one attached hydrogen (secondary N) is 1. The van der Waals surface area contributed by atoms with E-state index in [0.717, 1.165) is 19.4 Å². The second-order valence-corrected chi connectivity index (χ2v) is 6.90. The average Bonchev–Trinajstić information content (AvgIpc) is 2.47. The number of hydrogen-bond donors (Lipinski definition) is 2. The maximum absolute atomic E-state index is 12.2. The van der Waals surface area contributed by atoms with Gasteiger partial charge in [0.25, 0.3) is 5.56 Å². The first-order valence-electron chi connectivity index (χ1n) is 7.41. The summed E-state index contributed by atoms with van der Waals surface area (Å²) in [6, 6.07) is 0.136. The van der Waals surface area contributed by atoms with Crippen molar-refractivity contribution in [3.63, 3.8) is 0 Å². The Morgan fingerprint density at radius 1 is 1.57 bits per heavy atom. The number of hydrogen-bond acceptors (Lipinski definition) is 5. The second kappa shape index (κ2) is 5.70. The third kappa shape index (κ3) is 2.51. The van der Waals surface area contributed by atoms with Crippen LogP contribution in [-0.2, 0) is 4.74 Å². The predicted octanol–water partition coefficient (Wildman–Crippen LogP) is 1.50. The lowest BCUT2D eigenvalue weighted by Crippen LogP contribution is -2.69. The highest BCUT2D eigenvalue weighted by molar-refractivity contribution is 9.10. The van der Waals surface area contributed by atoms with Gasteiger partial charge in [0.05, 0.1) is 30.1 Å². The van der Waals surface area contributed by atoms with E-state index in [-0.39, 0.29) is 29.8 Å². The summed E-state index contributed by atoms with van der Waals surface area (Å²) in [4.78, 5) is 12.2. The van der Waals surface area contributed by atoms with Crippen LogP contribution >= 0.6 is 15.9 Å². The molecule has 0 radical (unpaired) electrons. The molecule has 1 saturated carbocycles. The molecule has 1 aliphatic carbocycles. The molecule has 0 spiro atoms. The molecule has 21 heavy (non-hydrogen) atoms. The Hall–Kier alpha value is -0.920. The fourth-order valence-corrected chi connectivity index (χ4v) is 3.62. The number of rotatable bonds is 3. The van der Waals surface area contributed by atoms with Gasteiger partial charge in [0.1, 0.15) is 4.47 Å². The van der Waals surface area contributed by atoms with Crippen LogP contribution in [0, 0.1) is 5.92 Å². The van der Waals surface area contributed by atoms with Gasteiger partial charge in [-0.2, -0.15) is 5.10 Å². The average molecular weight is 357 g/mol. The molecule has 1 aromatic heterocycles. The van der Waals surface area contributed by atoms with Crippen LogP contribution in [0.5, 0.6) is 0 Å². The van der Waals surface area contributed by atoms with Crippen molar-refractivity contribution in [2.24, 2.45) is 11.7 Å². The van der Waals surface area contributed by atoms with Gasteiger partial charge in [-0.05, 0) is 42.6 Å². The van der Waals surface area contributed by atoms with Crippen LogP contribution in [0.4, 0.5) is 5.69 Å². The van der Waals surface area contributed by atoms with Crippen molar-refractivity contribution in [3.8, 4) is 0 Å². The molecule has 2 heterocycles. The zero-order chi connectivity index (χ0) is 15.1. The topological polar surface area (TPSA) is 82.2 Å². The molecular weight excluding hydrogens is 336 g/mol. The zero-order valence-electron chi connectivity index (χ0n) is 12.3. The molecule has 6 nitrogen and oxygen atoms in total. The van der Waals surface area contributed by atoms with Gasteiger partial charge < -0.3 is 15.8 Å². The standard InChI is InChI=1S/C14H21BrN4O2/c1-7(2)19-14(20)10(15)9(6-17-19)18-12-11(16)8-4-3-5-21-13(8)12/h6-8,11-13,18H,3-5,16H2,1-2H3. The first-order valence-corrected chi connectivity index (χ1v) is 8.21. The number of anilines is 1. The maximum atomic E-state index is 12.2. The van der Waals surface area contributed by atoms with Gasteiger partial charge in [-0.3, -0.25) is 4.79 Å². The smallest absolute Gasteiger partial charge is 0.283 e. The van der Waals surface area contributed by atoms with Gasteiger partial charge in [0.15, 0.2) is 0 Å². The fraction of sp³-hybridized carbons (Fsp3) is 0.714. The summed E-state index contributed by atoms with van der Waals surface area (Å²) in [7, 11) is 0. The van der Waals surface area contributed by atoms with Crippen molar-refractivity contribution in [3.05, 3.63) is 21.0 Å². The number of aromatic nitrogens is 2. The highest BCUT2D eigenvalue weighted by Gasteiger charge is 2.50. The Morgan fingerprint density at radius 2 is 2.33 bits per heavy atom. The molecule has 1 saturated heterocycles. The van der Waals surface area contributed by atoms with Crippen LogP contribution in [0.3, 0.4) is 0 Å². The first-order chi connectivity index (χ1) is 10.0. The van der Waals surface area contributed by atoms with Gasteiger partial charge in [0, 0.05) is 18.6 Å². The summed E-state index contributed by atoms with van der Waals surface area (Å²) >= 11 is 3.37. The summed E-state index contributed by atoms with van der Waals surface area (Å²) in [6.45, 7) is 4.65. The van der Waals surface area contributed by atoms with E-state index >= 15 is 0 Å². The first kappa shape index (κ1) is 15.0. The highest BCUT2D eigenvalue weighted by Crippen LogP contribution is 2.39. The molecule has 4 atom stereocenters. The van der Waals surface area contributed by atoms with E-state index in [1.165, 1.54) is 4.68 Å². The Balaban J connectivity index is 1.80. The fourth-order valence-electron chi connectivity index (χ4n) is 3.22. The van der Waals surface area contributed by atoms with E-state index in [4.69, 9.17) is 10.5 Å². The largest absolute Gasteiger partial charge is 0.376 e. The Bertz CT molecular complexity index is 589. The molecule has 2 aliphatic rings. The third-order valence-corrected chi connectivity index (χ3v) is 5.20. The number of nitrogens with zero attached hydrogens (tertiary/aromatic N) is 2. The van der Waals surface area contributed by atoms with Crippen LogP contribution in [-0.4, -0.2) is 34.6 Å². The van der Waals surface area contributed by atoms with Gasteiger partial charge in [-0.25, -0.2) is 4.68 Å². The van der Waals surface area contributed by atoms with E-state index < -0.39 is 0 Å². The zero-order valence-corrected chi connectivity index (χ0v) is 13.8. The Labute approximate surface area is 132 Å². The molecule has 0 bridgehead atoms. The minimum atomic E-state index is -0.135. The SMILES string of the molecule is CC(C)n1ncc(NC2C(N)C3CCCOC32)c(Br)c1=O. The monoisotopic (exact) mass is 356 g/mol. The van der Waals surface area contributed by atoms with Crippen LogP contribution < -0.4 is 16.6 Å². The van der Waals surface area contributed by atoms with Gasteiger partial charge in [0.2, 0.25) is 0 Å². The van der Waals surface area contributed by atoms with Crippen molar-refractivity contribution in [2.45, 2.75) is 50.9 Å². The van der Waals surface area contributed by atoms with Crippen LogP contribution in [0.1, 0.15) is 32.7 Å². The van der Waals surface area contributed by atoms with Crippen molar-refractivity contribution in [2.75, 3.05) is 11.9 Å². The quantitative estimate of drug-likeness (QED) is 0.857. The summed E-state index contributed by atoms with van der Waals surface area (Å²) in [6.07, 6.45) is 4.03. The van der Waals surface area contributed by atoms with Crippen molar-refractivity contribution < 1.29 is 4.74 Å². The van der Waals surface area contributed by atoms with Gasteiger partial charge in [-0.1, -0.05) is 0 Å². The Morgan fingerprint density at radius 3 is 3.05 bits per heavy atom.